The molecule has 2 rings (SSSR count). The maximum absolute atomic E-state index is 12.4. The molecule has 0 spiro atoms. The van der Waals surface area contributed by atoms with Crippen molar-refractivity contribution in [3.8, 4) is 0 Å². The molecule has 0 bridgehead atoms. The van der Waals surface area contributed by atoms with Gasteiger partial charge in [0, 0.05) is 17.0 Å². The summed E-state index contributed by atoms with van der Waals surface area (Å²) in [6.07, 6.45) is 0. The number of nitrogens with zero attached hydrogens (tertiary/aromatic N) is 1. The van der Waals surface area contributed by atoms with Gasteiger partial charge in [0.05, 0.1) is 6.04 Å². The highest BCUT2D eigenvalue weighted by atomic mass is 32.1. The quantitative estimate of drug-likeness (QED) is 0.745. The van der Waals surface area contributed by atoms with Crippen LogP contribution in [0.4, 0.5) is 0 Å². The lowest BCUT2D eigenvalue weighted by Crippen LogP contribution is -2.38. The molecule has 0 fully saturated rings. The summed E-state index contributed by atoms with van der Waals surface area (Å²) < 4.78 is 0. The van der Waals surface area contributed by atoms with Crippen molar-refractivity contribution in [2.45, 2.75) is 26.4 Å². The molecule has 0 aliphatic heterocycles. The van der Waals surface area contributed by atoms with Gasteiger partial charge in [0.25, 0.3) is 0 Å². The standard InChI is InChI=1S/C16H19NOS/c1-3-17(12-15-10-7-11-19-15)13(2)16(18)14-8-5-4-6-9-14/h4-11,13H,3,12H2,1-2H3. The second-order valence-corrected chi connectivity index (χ2v) is 5.58. The zero-order chi connectivity index (χ0) is 13.7. The molecule has 0 saturated heterocycles. The van der Waals surface area contributed by atoms with Gasteiger partial charge in [0.2, 0.25) is 0 Å². The van der Waals surface area contributed by atoms with Crippen LogP contribution in [0.5, 0.6) is 0 Å². The number of thiophene rings is 1. The van der Waals surface area contributed by atoms with E-state index in [4.69, 9.17) is 0 Å². The highest BCUT2D eigenvalue weighted by molar-refractivity contribution is 7.09. The summed E-state index contributed by atoms with van der Waals surface area (Å²) in [7, 11) is 0. The Hall–Kier alpha value is -1.45. The molecular formula is C16H19NOS. The van der Waals surface area contributed by atoms with E-state index < -0.39 is 0 Å². The number of ketones is 1. The lowest BCUT2D eigenvalue weighted by atomic mass is 10.0. The van der Waals surface area contributed by atoms with Crippen molar-refractivity contribution in [3.63, 3.8) is 0 Å². The van der Waals surface area contributed by atoms with Crippen molar-refractivity contribution in [2.24, 2.45) is 0 Å². The molecule has 1 unspecified atom stereocenters. The first kappa shape index (κ1) is 14.0. The molecule has 19 heavy (non-hydrogen) atoms. The second-order valence-electron chi connectivity index (χ2n) is 4.55. The zero-order valence-electron chi connectivity index (χ0n) is 11.4. The number of hydrogen-bond acceptors (Lipinski definition) is 3. The van der Waals surface area contributed by atoms with E-state index in [0.717, 1.165) is 18.7 Å². The van der Waals surface area contributed by atoms with Crippen LogP contribution in [0.3, 0.4) is 0 Å². The van der Waals surface area contributed by atoms with Gasteiger partial charge in [-0.3, -0.25) is 9.69 Å². The van der Waals surface area contributed by atoms with Crippen LogP contribution in [0.2, 0.25) is 0 Å². The van der Waals surface area contributed by atoms with Crippen LogP contribution in [0.1, 0.15) is 29.1 Å². The van der Waals surface area contributed by atoms with Gasteiger partial charge < -0.3 is 0 Å². The van der Waals surface area contributed by atoms with Gasteiger partial charge in [-0.2, -0.15) is 0 Å². The van der Waals surface area contributed by atoms with Crippen molar-refractivity contribution in [1.29, 1.82) is 0 Å². The monoisotopic (exact) mass is 273 g/mol. The van der Waals surface area contributed by atoms with Crippen molar-refractivity contribution < 1.29 is 4.79 Å². The zero-order valence-corrected chi connectivity index (χ0v) is 12.2. The number of likely N-dealkylation sites (N-methyl/N-ethyl adjacent to an activating group) is 1. The molecule has 2 aromatic rings. The van der Waals surface area contributed by atoms with E-state index >= 15 is 0 Å². The Morgan fingerprint density at radius 1 is 1.21 bits per heavy atom. The van der Waals surface area contributed by atoms with Gasteiger partial charge in [0.15, 0.2) is 5.78 Å². The molecule has 1 heterocycles. The summed E-state index contributed by atoms with van der Waals surface area (Å²) >= 11 is 1.74. The Morgan fingerprint density at radius 2 is 1.95 bits per heavy atom. The normalized spacial score (nSPS) is 12.6. The van der Waals surface area contributed by atoms with Crippen LogP contribution in [0.15, 0.2) is 47.8 Å². The summed E-state index contributed by atoms with van der Waals surface area (Å²) in [5.74, 6) is 0.194. The minimum atomic E-state index is -0.0884. The van der Waals surface area contributed by atoms with Crippen LogP contribution < -0.4 is 0 Å². The van der Waals surface area contributed by atoms with Gasteiger partial charge in [-0.15, -0.1) is 11.3 Å². The van der Waals surface area contributed by atoms with Gasteiger partial charge >= 0.3 is 0 Å². The Labute approximate surface area is 118 Å². The first-order valence-electron chi connectivity index (χ1n) is 6.58. The molecule has 1 atom stereocenters. The molecular weight excluding hydrogens is 254 g/mol. The highest BCUT2D eigenvalue weighted by Gasteiger charge is 2.21. The molecule has 0 aliphatic carbocycles. The predicted molar refractivity (Wildman–Crippen MR) is 80.6 cm³/mol. The highest BCUT2D eigenvalue weighted by Crippen LogP contribution is 2.16. The Bertz CT molecular complexity index is 507. The lowest BCUT2D eigenvalue weighted by Gasteiger charge is -2.26. The van der Waals surface area contributed by atoms with E-state index in [1.807, 2.05) is 37.3 Å². The third-order valence-electron chi connectivity index (χ3n) is 3.33. The Balaban J connectivity index is 2.08. The first-order valence-corrected chi connectivity index (χ1v) is 7.46. The van der Waals surface area contributed by atoms with Crippen LogP contribution in [0, 0.1) is 0 Å². The fourth-order valence-electron chi connectivity index (χ4n) is 2.13. The molecule has 0 N–H and O–H groups in total. The van der Waals surface area contributed by atoms with Crippen LogP contribution >= 0.6 is 11.3 Å². The number of Topliss-reactive ketones (excluding diaryl/α,β-unsaturated/α-hetero) is 1. The van der Waals surface area contributed by atoms with Crippen molar-refractivity contribution in [2.75, 3.05) is 6.54 Å². The minimum Gasteiger partial charge on any atom is -0.292 e. The molecule has 0 saturated carbocycles. The van der Waals surface area contributed by atoms with E-state index in [-0.39, 0.29) is 11.8 Å². The third kappa shape index (κ3) is 3.52. The smallest absolute Gasteiger partial charge is 0.179 e. The van der Waals surface area contributed by atoms with E-state index in [9.17, 15) is 4.79 Å². The lowest BCUT2D eigenvalue weighted by molar-refractivity contribution is 0.0837. The van der Waals surface area contributed by atoms with Gasteiger partial charge in [0.1, 0.15) is 0 Å². The van der Waals surface area contributed by atoms with Crippen LogP contribution in [0.25, 0.3) is 0 Å². The number of rotatable bonds is 6. The molecule has 0 radical (unpaired) electrons. The van der Waals surface area contributed by atoms with E-state index in [1.54, 1.807) is 11.3 Å². The average Bonchev–Trinajstić information content (AvgIpc) is 2.97. The maximum atomic E-state index is 12.4. The molecule has 0 amide bonds. The average molecular weight is 273 g/mol. The first-order chi connectivity index (χ1) is 9.22. The van der Waals surface area contributed by atoms with Crippen molar-refractivity contribution in [3.05, 3.63) is 58.3 Å². The van der Waals surface area contributed by atoms with Gasteiger partial charge in [-0.05, 0) is 24.9 Å². The maximum Gasteiger partial charge on any atom is 0.179 e. The topological polar surface area (TPSA) is 20.3 Å². The number of carbonyl (C=O) groups excluding carboxylic acids is 1. The molecule has 100 valence electrons. The van der Waals surface area contributed by atoms with E-state index in [2.05, 4.69) is 29.3 Å². The van der Waals surface area contributed by atoms with Gasteiger partial charge in [-0.1, -0.05) is 43.3 Å². The summed E-state index contributed by atoms with van der Waals surface area (Å²) in [4.78, 5) is 15.9. The predicted octanol–water partition coefficient (Wildman–Crippen LogP) is 3.84. The summed E-state index contributed by atoms with van der Waals surface area (Å²) in [5.41, 5.74) is 0.791. The molecule has 2 nitrogen and oxygen atoms in total. The SMILES string of the molecule is CCN(Cc1cccs1)C(C)C(=O)c1ccccc1. The van der Waals surface area contributed by atoms with Crippen molar-refractivity contribution in [1.82, 2.24) is 4.90 Å². The summed E-state index contributed by atoms with van der Waals surface area (Å²) in [6, 6.07) is 13.6. The minimum absolute atomic E-state index is 0.0884. The van der Waals surface area contributed by atoms with Crippen LogP contribution in [-0.4, -0.2) is 23.3 Å². The fourth-order valence-corrected chi connectivity index (χ4v) is 2.86. The summed E-state index contributed by atoms with van der Waals surface area (Å²) in [6.45, 7) is 5.81. The van der Waals surface area contributed by atoms with E-state index in [0.29, 0.717) is 0 Å². The number of hydrogen-bond donors (Lipinski definition) is 0. The second kappa shape index (κ2) is 6.64. The molecule has 1 aromatic carbocycles. The third-order valence-corrected chi connectivity index (χ3v) is 4.19. The summed E-state index contributed by atoms with van der Waals surface area (Å²) in [5, 5.41) is 2.08. The Morgan fingerprint density at radius 3 is 2.53 bits per heavy atom. The fraction of sp³-hybridized carbons (Fsp3) is 0.312. The van der Waals surface area contributed by atoms with Gasteiger partial charge in [-0.25, -0.2) is 0 Å². The Kier molecular flexibility index (Phi) is 4.88. The largest absolute Gasteiger partial charge is 0.292 e. The molecule has 3 heteroatoms. The van der Waals surface area contributed by atoms with Crippen LogP contribution in [-0.2, 0) is 6.54 Å². The number of benzene rings is 1. The molecule has 0 aliphatic rings. The van der Waals surface area contributed by atoms with E-state index in [1.165, 1.54) is 4.88 Å². The molecule has 1 aromatic heterocycles. The van der Waals surface area contributed by atoms with Crippen molar-refractivity contribution >= 4 is 17.1 Å². The number of carbonyl (C=O) groups is 1.